The van der Waals surface area contributed by atoms with E-state index in [2.05, 4.69) is 10.0 Å². The number of rotatable bonds is 7. The first-order valence-electron chi connectivity index (χ1n) is 9.06. The standard InChI is InChI=1S/C21H20ClN3O4S/c1-15-10-11-19(24-30(28,29)18-8-3-2-4-9-18)21(27)25(15)14-20(26)23-13-16-6-5-7-17(22)12-16/h2-12,24H,13-14H2,1H3,(H,23,26). The minimum Gasteiger partial charge on any atom is -0.350 e. The molecule has 1 aromatic heterocycles. The van der Waals surface area contributed by atoms with E-state index in [9.17, 15) is 18.0 Å². The van der Waals surface area contributed by atoms with Crippen LogP contribution in [0.2, 0.25) is 5.02 Å². The van der Waals surface area contributed by atoms with Crippen LogP contribution in [0.3, 0.4) is 0 Å². The maximum atomic E-state index is 12.8. The summed E-state index contributed by atoms with van der Waals surface area (Å²) in [6, 6.07) is 17.8. The molecule has 0 atom stereocenters. The number of amides is 1. The van der Waals surface area contributed by atoms with Gasteiger partial charge in [-0.15, -0.1) is 0 Å². The molecule has 3 aromatic rings. The fourth-order valence-corrected chi connectivity index (χ4v) is 4.09. The number of pyridine rings is 1. The number of hydrogen-bond acceptors (Lipinski definition) is 4. The third kappa shape index (κ3) is 5.28. The maximum absolute atomic E-state index is 12.8. The lowest BCUT2D eigenvalue weighted by Crippen LogP contribution is -2.34. The van der Waals surface area contributed by atoms with Crippen molar-refractivity contribution < 1.29 is 13.2 Å². The number of carbonyl (C=O) groups excluding carboxylic acids is 1. The van der Waals surface area contributed by atoms with Crippen LogP contribution in [0.4, 0.5) is 5.69 Å². The van der Waals surface area contributed by atoms with E-state index in [1.807, 2.05) is 6.07 Å². The molecule has 9 heteroatoms. The summed E-state index contributed by atoms with van der Waals surface area (Å²) in [5.74, 6) is -0.386. The van der Waals surface area contributed by atoms with Gasteiger partial charge in [0.05, 0.1) is 4.90 Å². The molecule has 0 fully saturated rings. The number of aromatic nitrogens is 1. The van der Waals surface area contributed by atoms with Crippen molar-refractivity contribution in [2.24, 2.45) is 0 Å². The second-order valence-electron chi connectivity index (χ2n) is 6.60. The van der Waals surface area contributed by atoms with E-state index in [1.54, 1.807) is 49.4 Å². The molecule has 3 rings (SSSR count). The molecule has 156 valence electrons. The van der Waals surface area contributed by atoms with Crippen LogP contribution in [0.15, 0.2) is 76.4 Å². The quantitative estimate of drug-likeness (QED) is 0.584. The van der Waals surface area contributed by atoms with Gasteiger partial charge in [0, 0.05) is 17.3 Å². The van der Waals surface area contributed by atoms with Crippen molar-refractivity contribution in [3.63, 3.8) is 0 Å². The molecule has 1 heterocycles. The summed E-state index contributed by atoms with van der Waals surface area (Å²) in [4.78, 5) is 25.2. The second-order valence-corrected chi connectivity index (χ2v) is 8.72. The van der Waals surface area contributed by atoms with Gasteiger partial charge in [0.15, 0.2) is 0 Å². The fourth-order valence-electron chi connectivity index (χ4n) is 2.80. The number of halogens is 1. The lowest BCUT2D eigenvalue weighted by Gasteiger charge is -2.13. The number of sulfonamides is 1. The van der Waals surface area contributed by atoms with Gasteiger partial charge in [0.25, 0.3) is 15.6 Å². The summed E-state index contributed by atoms with van der Waals surface area (Å²) in [5.41, 5.74) is 0.615. The molecule has 0 aliphatic carbocycles. The summed E-state index contributed by atoms with van der Waals surface area (Å²) >= 11 is 5.93. The third-order valence-corrected chi connectivity index (χ3v) is 5.99. The molecular formula is C21H20ClN3O4S. The Kier molecular flexibility index (Phi) is 6.59. The minimum atomic E-state index is -3.92. The van der Waals surface area contributed by atoms with Crippen molar-refractivity contribution in [1.29, 1.82) is 0 Å². The van der Waals surface area contributed by atoms with E-state index in [4.69, 9.17) is 11.6 Å². The number of nitrogens with one attached hydrogen (secondary N) is 2. The zero-order valence-corrected chi connectivity index (χ0v) is 17.7. The van der Waals surface area contributed by atoms with Crippen LogP contribution in [0.1, 0.15) is 11.3 Å². The first kappa shape index (κ1) is 21.6. The lowest BCUT2D eigenvalue weighted by atomic mass is 10.2. The highest BCUT2D eigenvalue weighted by molar-refractivity contribution is 7.92. The van der Waals surface area contributed by atoms with Crippen molar-refractivity contribution in [3.05, 3.63) is 93.4 Å². The van der Waals surface area contributed by atoms with Gasteiger partial charge >= 0.3 is 0 Å². The molecule has 0 spiro atoms. The van der Waals surface area contributed by atoms with E-state index in [0.29, 0.717) is 10.7 Å². The Hall–Kier alpha value is -3.10. The van der Waals surface area contributed by atoms with Crippen LogP contribution < -0.4 is 15.6 Å². The first-order valence-corrected chi connectivity index (χ1v) is 10.9. The molecule has 0 aliphatic heterocycles. The number of anilines is 1. The van der Waals surface area contributed by atoms with Crippen LogP contribution in [0.25, 0.3) is 0 Å². The van der Waals surface area contributed by atoms with Crippen molar-refractivity contribution in [1.82, 2.24) is 9.88 Å². The third-order valence-electron chi connectivity index (χ3n) is 4.37. The van der Waals surface area contributed by atoms with Crippen LogP contribution in [-0.2, 0) is 27.9 Å². The van der Waals surface area contributed by atoms with Gasteiger partial charge in [-0.2, -0.15) is 0 Å². The Balaban J connectivity index is 1.76. The van der Waals surface area contributed by atoms with Crippen molar-refractivity contribution in [2.75, 3.05) is 4.72 Å². The van der Waals surface area contributed by atoms with Gasteiger partial charge in [-0.05, 0) is 48.9 Å². The highest BCUT2D eigenvalue weighted by atomic mass is 35.5. The Morgan fingerprint density at radius 2 is 1.77 bits per heavy atom. The number of carbonyl (C=O) groups is 1. The highest BCUT2D eigenvalue weighted by Gasteiger charge is 2.17. The van der Waals surface area contributed by atoms with E-state index < -0.39 is 15.6 Å². The second kappa shape index (κ2) is 9.15. The lowest BCUT2D eigenvalue weighted by molar-refractivity contribution is -0.121. The summed E-state index contributed by atoms with van der Waals surface area (Å²) in [6.07, 6.45) is 0. The van der Waals surface area contributed by atoms with Gasteiger partial charge < -0.3 is 9.88 Å². The molecule has 1 amide bonds. The Morgan fingerprint density at radius 3 is 2.47 bits per heavy atom. The average Bonchev–Trinajstić information content (AvgIpc) is 2.72. The molecule has 30 heavy (non-hydrogen) atoms. The molecule has 0 saturated heterocycles. The van der Waals surface area contributed by atoms with E-state index in [1.165, 1.54) is 22.8 Å². The SMILES string of the molecule is Cc1ccc(NS(=O)(=O)c2ccccc2)c(=O)n1CC(=O)NCc1cccc(Cl)c1. The number of aryl methyl sites for hydroxylation is 1. The van der Waals surface area contributed by atoms with Crippen LogP contribution in [-0.4, -0.2) is 18.9 Å². The van der Waals surface area contributed by atoms with Crippen molar-refractivity contribution in [3.8, 4) is 0 Å². The highest BCUT2D eigenvalue weighted by Crippen LogP contribution is 2.14. The molecule has 7 nitrogen and oxygen atoms in total. The van der Waals surface area contributed by atoms with Gasteiger partial charge in [-0.25, -0.2) is 8.42 Å². The topological polar surface area (TPSA) is 97.3 Å². The molecule has 0 aliphatic rings. The smallest absolute Gasteiger partial charge is 0.275 e. The summed E-state index contributed by atoms with van der Waals surface area (Å²) < 4.78 is 28.5. The summed E-state index contributed by atoms with van der Waals surface area (Å²) in [5, 5.41) is 3.29. The zero-order valence-electron chi connectivity index (χ0n) is 16.1. The Labute approximate surface area is 179 Å². The monoisotopic (exact) mass is 445 g/mol. The zero-order chi connectivity index (χ0) is 21.7. The van der Waals surface area contributed by atoms with Gasteiger partial charge in [0.2, 0.25) is 5.91 Å². The van der Waals surface area contributed by atoms with Crippen molar-refractivity contribution in [2.45, 2.75) is 24.9 Å². The van der Waals surface area contributed by atoms with Crippen LogP contribution >= 0.6 is 11.6 Å². The number of benzene rings is 2. The van der Waals surface area contributed by atoms with Gasteiger partial charge in [0.1, 0.15) is 12.2 Å². The predicted octanol–water partition coefficient (Wildman–Crippen LogP) is 2.93. The summed E-state index contributed by atoms with van der Waals surface area (Å²) in [7, 11) is -3.92. The Bertz CT molecular complexity index is 1220. The largest absolute Gasteiger partial charge is 0.350 e. The summed E-state index contributed by atoms with van der Waals surface area (Å²) in [6.45, 7) is 1.68. The van der Waals surface area contributed by atoms with Gasteiger partial charge in [-0.1, -0.05) is 41.9 Å². The first-order chi connectivity index (χ1) is 14.3. The molecule has 2 N–H and O–H groups in total. The van der Waals surface area contributed by atoms with E-state index in [0.717, 1.165) is 5.56 Å². The van der Waals surface area contributed by atoms with Crippen molar-refractivity contribution >= 4 is 33.2 Å². The predicted molar refractivity (Wildman–Crippen MR) is 116 cm³/mol. The molecule has 0 unspecified atom stereocenters. The van der Waals surface area contributed by atoms with E-state index in [-0.39, 0.29) is 29.6 Å². The molecule has 0 saturated carbocycles. The Morgan fingerprint density at radius 1 is 1.03 bits per heavy atom. The van der Waals surface area contributed by atoms with Gasteiger partial charge in [-0.3, -0.25) is 14.3 Å². The number of nitrogens with zero attached hydrogens (tertiary/aromatic N) is 1. The fraction of sp³-hybridized carbons (Fsp3) is 0.143. The average molecular weight is 446 g/mol. The number of hydrogen-bond donors (Lipinski definition) is 2. The maximum Gasteiger partial charge on any atom is 0.275 e. The minimum absolute atomic E-state index is 0.0378. The molecular weight excluding hydrogens is 426 g/mol. The van der Waals surface area contributed by atoms with Crippen LogP contribution in [0, 0.1) is 6.92 Å². The molecule has 0 radical (unpaired) electrons. The molecule has 0 bridgehead atoms. The molecule has 2 aromatic carbocycles. The normalized spacial score (nSPS) is 11.1. The van der Waals surface area contributed by atoms with Crippen LogP contribution in [0.5, 0.6) is 0 Å². The van der Waals surface area contributed by atoms with E-state index >= 15 is 0 Å².